The normalized spacial score (nSPS) is 10.5. The Labute approximate surface area is 123 Å². The molecule has 0 bridgehead atoms. The molecule has 0 spiro atoms. The minimum Gasteiger partial charge on any atom is -0.294 e. The molecule has 3 heteroatoms. The minimum atomic E-state index is 0.0434. The van der Waals surface area contributed by atoms with E-state index in [1.807, 2.05) is 25.1 Å². The van der Waals surface area contributed by atoms with Gasteiger partial charge in [0.2, 0.25) is 0 Å². The summed E-state index contributed by atoms with van der Waals surface area (Å²) in [7, 11) is 0. The average Bonchev–Trinajstić information content (AvgIpc) is 2.37. The van der Waals surface area contributed by atoms with Crippen molar-refractivity contribution in [2.75, 3.05) is 0 Å². The van der Waals surface area contributed by atoms with Gasteiger partial charge in [-0.2, -0.15) is 0 Å². The van der Waals surface area contributed by atoms with Gasteiger partial charge in [0.25, 0.3) is 0 Å². The van der Waals surface area contributed by atoms with E-state index >= 15 is 0 Å². The van der Waals surface area contributed by atoms with Gasteiger partial charge in [0, 0.05) is 12.0 Å². The molecule has 1 nitrogen and oxygen atoms in total. The Bertz CT molecular complexity index is 633. The van der Waals surface area contributed by atoms with Gasteiger partial charge in [0.1, 0.15) is 0 Å². The standard InChI is InChI=1S/C16H14Cl2O/c1-10-3-4-12(7-11(10)2)8-16(19)13-5-6-14(17)15(18)9-13/h3-7,9H,8H2,1-2H3. The summed E-state index contributed by atoms with van der Waals surface area (Å²) in [4.78, 5) is 12.2. The largest absolute Gasteiger partial charge is 0.294 e. The third-order valence-electron chi connectivity index (χ3n) is 3.18. The van der Waals surface area contributed by atoms with Crippen LogP contribution < -0.4 is 0 Å². The molecule has 0 unspecified atom stereocenters. The molecule has 19 heavy (non-hydrogen) atoms. The van der Waals surface area contributed by atoms with E-state index < -0.39 is 0 Å². The SMILES string of the molecule is Cc1ccc(CC(=O)c2ccc(Cl)c(Cl)c2)cc1C. The van der Waals surface area contributed by atoms with Gasteiger partial charge >= 0.3 is 0 Å². The topological polar surface area (TPSA) is 17.1 Å². The van der Waals surface area contributed by atoms with Crippen LogP contribution in [0.2, 0.25) is 10.0 Å². The van der Waals surface area contributed by atoms with Crippen molar-refractivity contribution in [3.63, 3.8) is 0 Å². The molecular formula is C16H14Cl2O. The van der Waals surface area contributed by atoms with Crippen molar-refractivity contribution in [1.29, 1.82) is 0 Å². The highest BCUT2D eigenvalue weighted by Gasteiger charge is 2.09. The van der Waals surface area contributed by atoms with Crippen LogP contribution >= 0.6 is 23.2 Å². The number of benzene rings is 2. The van der Waals surface area contributed by atoms with Crippen molar-refractivity contribution < 1.29 is 4.79 Å². The predicted octanol–water partition coefficient (Wildman–Crippen LogP) is 5.04. The smallest absolute Gasteiger partial charge is 0.167 e. The molecule has 98 valence electrons. The quantitative estimate of drug-likeness (QED) is 0.725. The molecule has 0 aliphatic heterocycles. The van der Waals surface area contributed by atoms with Gasteiger partial charge in [-0.25, -0.2) is 0 Å². The fraction of sp³-hybridized carbons (Fsp3) is 0.188. The summed E-state index contributed by atoms with van der Waals surface area (Å²) in [6.07, 6.45) is 0.374. The second-order valence-corrected chi connectivity index (χ2v) is 5.46. The maximum absolute atomic E-state index is 12.2. The maximum atomic E-state index is 12.2. The molecule has 0 heterocycles. The molecule has 0 amide bonds. The van der Waals surface area contributed by atoms with Crippen molar-refractivity contribution in [2.45, 2.75) is 20.3 Å². The number of hydrogen-bond acceptors (Lipinski definition) is 1. The van der Waals surface area contributed by atoms with Crippen LogP contribution in [-0.4, -0.2) is 5.78 Å². The molecule has 0 atom stereocenters. The van der Waals surface area contributed by atoms with E-state index in [9.17, 15) is 4.79 Å². The first-order valence-electron chi connectivity index (χ1n) is 6.02. The average molecular weight is 293 g/mol. The summed E-state index contributed by atoms with van der Waals surface area (Å²) >= 11 is 11.8. The van der Waals surface area contributed by atoms with Gasteiger partial charge in [-0.1, -0.05) is 41.4 Å². The molecule has 0 aliphatic rings. The van der Waals surface area contributed by atoms with E-state index in [1.165, 1.54) is 11.1 Å². The Hall–Kier alpha value is -1.31. The first-order chi connectivity index (χ1) is 8.97. The Morgan fingerprint density at radius 2 is 1.68 bits per heavy atom. The molecule has 0 aliphatic carbocycles. The number of aryl methyl sites for hydroxylation is 2. The number of rotatable bonds is 3. The minimum absolute atomic E-state index is 0.0434. The Morgan fingerprint density at radius 3 is 2.32 bits per heavy atom. The van der Waals surface area contributed by atoms with Crippen LogP contribution in [0.1, 0.15) is 27.0 Å². The van der Waals surface area contributed by atoms with E-state index in [-0.39, 0.29) is 5.78 Å². The van der Waals surface area contributed by atoms with Crippen LogP contribution in [0, 0.1) is 13.8 Å². The summed E-state index contributed by atoms with van der Waals surface area (Å²) in [5, 5.41) is 0.872. The maximum Gasteiger partial charge on any atom is 0.167 e. The van der Waals surface area contributed by atoms with Crippen LogP contribution in [0.4, 0.5) is 0 Å². The predicted molar refractivity (Wildman–Crippen MR) is 80.4 cm³/mol. The molecule has 0 fully saturated rings. The van der Waals surface area contributed by atoms with Gasteiger partial charge in [0.15, 0.2) is 5.78 Å². The highest BCUT2D eigenvalue weighted by atomic mass is 35.5. The molecule has 0 saturated carbocycles. The number of Topliss-reactive ketones (excluding diaryl/α,β-unsaturated/α-hetero) is 1. The van der Waals surface area contributed by atoms with Gasteiger partial charge in [-0.15, -0.1) is 0 Å². The van der Waals surface area contributed by atoms with Crippen LogP contribution in [0.3, 0.4) is 0 Å². The Morgan fingerprint density at radius 1 is 0.947 bits per heavy atom. The van der Waals surface area contributed by atoms with E-state index in [4.69, 9.17) is 23.2 Å². The highest BCUT2D eigenvalue weighted by molar-refractivity contribution is 6.42. The lowest BCUT2D eigenvalue weighted by Gasteiger charge is -2.06. The van der Waals surface area contributed by atoms with Crippen LogP contribution in [0.15, 0.2) is 36.4 Å². The van der Waals surface area contributed by atoms with E-state index in [2.05, 4.69) is 6.92 Å². The summed E-state index contributed by atoms with van der Waals surface area (Å²) < 4.78 is 0. The lowest BCUT2D eigenvalue weighted by atomic mass is 10.00. The molecule has 0 radical (unpaired) electrons. The molecule has 0 N–H and O–H groups in total. The number of halogens is 2. The summed E-state index contributed by atoms with van der Waals surface area (Å²) in [5.41, 5.74) is 4.02. The zero-order chi connectivity index (χ0) is 14.0. The second-order valence-electron chi connectivity index (χ2n) is 4.65. The van der Waals surface area contributed by atoms with E-state index in [0.717, 1.165) is 5.56 Å². The van der Waals surface area contributed by atoms with Crippen molar-refractivity contribution in [2.24, 2.45) is 0 Å². The lowest BCUT2D eigenvalue weighted by Crippen LogP contribution is -2.04. The van der Waals surface area contributed by atoms with Gasteiger partial charge in [0.05, 0.1) is 10.0 Å². The third kappa shape index (κ3) is 3.37. The first kappa shape index (κ1) is 14.1. The second kappa shape index (κ2) is 5.77. The van der Waals surface area contributed by atoms with Gasteiger partial charge in [-0.3, -0.25) is 4.79 Å². The monoisotopic (exact) mass is 292 g/mol. The zero-order valence-electron chi connectivity index (χ0n) is 10.8. The fourth-order valence-corrected chi connectivity index (χ4v) is 2.17. The molecule has 2 rings (SSSR count). The van der Waals surface area contributed by atoms with Crippen LogP contribution in [-0.2, 0) is 6.42 Å². The lowest BCUT2D eigenvalue weighted by molar-refractivity contribution is 0.0993. The summed E-state index contributed by atoms with van der Waals surface area (Å²) in [6.45, 7) is 4.10. The third-order valence-corrected chi connectivity index (χ3v) is 3.92. The number of hydrogen-bond donors (Lipinski definition) is 0. The van der Waals surface area contributed by atoms with Crippen molar-refractivity contribution >= 4 is 29.0 Å². The Kier molecular flexibility index (Phi) is 4.28. The highest BCUT2D eigenvalue weighted by Crippen LogP contribution is 2.23. The van der Waals surface area contributed by atoms with Crippen molar-refractivity contribution in [3.05, 3.63) is 68.7 Å². The summed E-state index contributed by atoms with van der Waals surface area (Å²) in [6, 6.07) is 11.0. The Balaban J connectivity index is 2.20. The number of carbonyl (C=O) groups excluding carboxylic acids is 1. The molecule has 2 aromatic carbocycles. The first-order valence-corrected chi connectivity index (χ1v) is 6.77. The van der Waals surface area contributed by atoms with Crippen LogP contribution in [0.25, 0.3) is 0 Å². The van der Waals surface area contributed by atoms with Crippen LogP contribution in [0.5, 0.6) is 0 Å². The molecule has 0 saturated heterocycles. The molecule has 0 aromatic heterocycles. The van der Waals surface area contributed by atoms with E-state index in [0.29, 0.717) is 22.0 Å². The molecular weight excluding hydrogens is 279 g/mol. The number of carbonyl (C=O) groups is 1. The van der Waals surface area contributed by atoms with Gasteiger partial charge < -0.3 is 0 Å². The molecule has 2 aromatic rings. The fourth-order valence-electron chi connectivity index (χ4n) is 1.87. The summed E-state index contributed by atoms with van der Waals surface area (Å²) in [5.74, 6) is 0.0434. The zero-order valence-corrected chi connectivity index (χ0v) is 12.3. The van der Waals surface area contributed by atoms with Crippen molar-refractivity contribution in [3.8, 4) is 0 Å². The van der Waals surface area contributed by atoms with E-state index in [1.54, 1.807) is 18.2 Å². The number of ketones is 1. The van der Waals surface area contributed by atoms with Crippen molar-refractivity contribution in [1.82, 2.24) is 0 Å². The van der Waals surface area contributed by atoms with Gasteiger partial charge in [-0.05, 0) is 48.7 Å².